The van der Waals surface area contributed by atoms with E-state index in [-0.39, 0.29) is 0 Å². The zero-order chi connectivity index (χ0) is 11.1. The molecule has 0 bridgehead atoms. The summed E-state index contributed by atoms with van der Waals surface area (Å²) in [7, 11) is 7.39. The van der Waals surface area contributed by atoms with Crippen molar-refractivity contribution in [2.45, 2.75) is 51.1 Å². The van der Waals surface area contributed by atoms with Crippen LogP contribution in [0.25, 0.3) is 0 Å². The van der Waals surface area contributed by atoms with Gasteiger partial charge in [-0.3, -0.25) is 8.97 Å². The molecule has 0 N–H and O–H groups in total. The van der Waals surface area contributed by atoms with Crippen molar-refractivity contribution >= 4 is 0 Å². The second-order valence-corrected chi connectivity index (χ2v) is 6.54. The normalized spacial score (nSPS) is 44.0. The molecule has 0 aromatic rings. The van der Waals surface area contributed by atoms with Crippen molar-refractivity contribution < 1.29 is 8.97 Å². The smallest absolute Gasteiger partial charge is 0.207 e. The Morgan fingerprint density at radius 3 is 2.20 bits per heavy atom. The number of hydrogen-bond donors (Lipinski definition) is 0. The van der Waals surface area contributed by atoms with E-state index in [1.54, 1.807) is 0 Å². The van der Waals surface area contributed by atoms with Crippen LogP contribution in [0.3, 0.4) is 0 Å². The van der Waals surface area contributed by atoms with Crippen LogP contribution in [0.5, 0.6) is 0 Å². The molecule has 0 aromatic carbocycles. The second-order valence-electron chi connectivity index (χ2n) is 6.54. The van der Waals surface area contributed by atoms with Gasteiger partial charge in [-0.25, -0.2) is 0 Å². The van der Waals surface area contributed by atoms with Gasteiger partial charge in [0, 0.05) is 12.8 Å². The highest BCUT2D eigenvalue weighted by molar-refractivity contribution is 4.80. The van der Waals surface area contributed by atoms with E-state index in [0.717, 1.165) is 12.1 Å². The Balaban J connectivity index is 2.21. The number of rotatable bonds is 2. The van der Waals surface area contributed by atoms with Gasteiger partial charge < -0.3 is 0 Å². The minimum absolute atomic E-state index is 0.940. The molecular formula is C13H28N2+2. The van der Waals surface area contributed by atoms with Gasteiger partial charge >= 0.3 is 0 Å². The molecule has 1 aliphatic heterocycles. The predicted octanol–water partition coefficient (Wildman–Crippen LogP) is 2.20. The molecule has 1 aliphatic carbocycles. The molecule has 2 heteroatoms. The van der Waals surface area contributed by atoms with Crippen molar-refractivity contribution in [3.63, 3.8) is 0 Å². The first kappa shape index (κ1) is 11.4. The van der Waals surface area contributed by atoms with Crippen LogP contribution >= 0.6 is 0 Å². The number of likely N-dealkylation sites (N-methyl/N-ethyl adjacent to an activating group) is 2. The molecule has 2 nitrogen and oxygen atoms in total. The summed E-state index contributed by atoms with van der Waals surface area (Å²) in [6.45, 7) is 5.06. The third kappa shape index (κ3) is 1.83. The molecule has 2 aliphatic rings. The van der Waals surface area contributed by atoms with E-state index in [4.69, 9.17) is 0 Å². The number of quaternary nitrogens is 2. The van der Waals surface area contributed by atoms with E-state index in [1.807, 2.05) is 0 Å². The van der Waals surface area contributed by atoms with Gasteiger partial charge in [-0.15, -0.1) is 0 Å². The molecule has 2 fully saturated rings. The quantitative estimate of drug-likeness (QED) is 0.616. The summed E-state index contributed by atoms with van der Waals surface area (Å²) in [6.07, 6.45) is 7.21. The fourth-order valence-electron chi connectivity index (χ4n) is 4.42. The molecule has 0 spiro atoms. The van der Waals surface area contributed by atoms with Gasteiger partial charge in [0.1, 0.15) is 12.1 Å². The summed E-state index contributed by atoms with van der Waals surface area (Å²) in [6, 6.07) is 1.89. The van der Waals surface area contributed by atoms with E-state index in [1.165, 1.54) is 54.3 Å². The lowest BCUT2D eigenvalue weighted by atomic mass is 9.88. The summed E-state index contributed by atoms with van der Waals surface area (Å²) in [5.41, 5.74) is 0. The first-order valence-electron chi connectivity index (χ1n) is 6.66. The molecule has 88 valence electrons. The standard InChI is InChI=1S/C13H28N2/c1-5-10-15(4)11-14(2,3)12-8-6-7-9-13(12)15/h12-13H,5-11H2,1-4H3/q+2/t12?,13?,15-/m1/s1. The lowest BCUT2D eigenvalue weighted by Gasteiger charge is -2.35. The highest BCUT2D eigenvalue weighted by Crippen LogP contribution is 2.39. The van der Waals surface area contributed by atoms with Gasteiger partial charge in [0.05, 0.1) is 27.7 Å². The van der Waals surface area contributed by atoms with Crippen molar-refractivity contribution in [3.05, 3.63) is 0 Å². The molecule has 2 rings (SSSR count). The SMILES string of the molecule is CCC[N@+]1(C)C[N+](C)(C)C2CCCCC21. The minimum atomic E-state index is 0.940. The first-order chi connectivity index (χ1) is 6.99. The van der Waals surface area contributed by atoms with Crippen LogP contribution in [0, 0.1) is 0 Å². The molecular weight excluding hydrogens is 184 g/mol. The molecule has 3 atom stereocenters. The van der Waals surface area contributed by atoms with E-state index >= 15 is 0 Å². The van der Waals surface area contributed by atoms with Crippen LogP contribution in [0.15, 0.2) is 0 Å². The first-order valence-corrected chi connectivity index (χ1v) is 6.66. The maximum atomic E-state index is 2.50. The van der Waals surface area contributed by atoms with E-state index in [9.17, 15) is 0 Å². The highest BCUT2D eigenvalue weighted by atomic mass is 15.6. The molecule has 1 saturated heterocycles. The van der Waals surface area contributed by atoms with Crippen LogP contribution in [0.4, 0.5) is 0 Å². The van der Waals surface area contributed by atoms with Gasteiger partial charge in [-0.05, 0) is 19.3 Å². The Hall–Kier alpha value is -0.0800. The van der Waals surface area contributed by atoms with Crippen molar-refractivity contribution in [2.24, 2.45) is 0 Å². The van der Waals surface area contributed by atoms with Crippen LogP contribution in [-0.2, 0) is 0 Å². The maximum absolute atomic E-state index is 2.50. The van der Waals surface area contributed by atoms with E-state index in [2.05, 4.69) is 28.1 Å². The van der Waals surface area contributed by atoms with Crippen molar-refractivity contribution in [1.82, 2.24) is 0 Å². The number of nitrogens with zero attached hydrogens (tertiary/aromatic N) is 2. The molecule has 1 saturated carbocycles. The van der Waals surface area contributed by atoms with Crippen LogP contribution < -0.4 is 0 Å². The van der Waals surface area contributed by atoms with E-state index < -0.39 is 0 Å². The average Bonchev–Trinajstić information content (AvgIpc) is 2.36. The fraction of sp³-hybridized carbons (Fsp3) is 1.00. The fourth-order valence-corrected chi connectivity index (χ4v) is 4.42. The van der Waals surface area contributed by atoms with E-state index in [0.29, 0.717) is 0 Å². The van der Waals surface area contributed by atoms with Gasteiger partial charge in [0.15, 0.2) is 0 Å². The topological polar surface area (TPSA) is 0 Å². The predicted molar refractivity (Wildman–Crippen MR) is 64.4 cm³/mol. The molecule has 15 heavy (non-hydrogen) atoms. The van der Waals surface area contributed by atoms with Gasteiger partial charge in [0.2, 0.25) is 6.67 Å². The lowest BCUT2D eigenvalue weighted by molar-refractivity contribution is -1.03. The van der Waals surface area contributed by atoms with Crippen molar-refractivity contribution in [2.75, 3.05) is 34.4 Å². The third-order valence-corrected chi connectivity index (χ3v) is 4.81. The highest BCUT2D eigenvalue weighted by Gasteiger charge is 2.56. The summed E-state index contributed by atoms with van der Waals surface area (Å²) in [4.78, 5) is 0. The van der Waals surface area contributed by atoms with Gasteiger partial charge in [-0.2, -0.15) is 0 Å². The van der Waals surface area contributed by atoms with Crippen LogP contribution in [-0.4, -0.2) is 55.4 Å². The Morgan fingerprint density at radius 1 is 1.00 bits per heavy atom. The van der Waals surface area contributed by atoms with Gasteiger partial charge in [-0.1, -0.05) is 6.92 Å². The third-order valence-electron chi connectivity index (χ3n) is 4.81. The molecule has 2 unspecified atom stereocenters. The molecule has 0 amide bonds. The van der Waals surface area contributed by atoms with Gasteiger partial charge in [0.25, 0.3) is 0 Å². The summed E-state index contributed by atoms with van der Waals surface area (Å²) in [5, 5.41) is 0. The van der Waals surface area contributed by atoms with Crippen LogP contribution in [0.2, 0.25) is 0 Å². The second kappa shape index (κ2) is 3.74. The number of fused-ring (bicyclic) bond motifs is 1. The van der Waals surface area contributed by atoms with Crippen molar-refractivity contribution in [1.29, 1.82) is 0 Å². The zero-order valence-corrected chi connectivity index (χ0v) is 11.0. The molecule has 1 heterocycles. The summed E-state index contributed by atoms with van der Waals surface area (Å²) in [5.74, 6) is 0. The summed E-state index contributed by atoms with van der Waals surface area (Å²) < 4.78 is 2.61. The van der Waals surface area contributed by atoms with Crippen LogP contribution in [0.1, 0.15) is 39.0 Å². The Labute approximate surface area is 95.0 Å². The van der Waals surface area contributed by atoms with Crippen molar-refractivity contribution in [3.8, 4) is 0 Å². The monoisotopic (exact) mass is 212 g/mol. The average molecular weight is 212 g/mol. The lowest BCUT2D eigenvalue weighted by Crippen LogP contribution is -2.51. The Morgan fingerprint density at radius 2 is 1.60 bits per heavy atom. The number of hydrogen-bond acceptors (Lipinski definition) is 0. The Kier molecular flexibility index (Phi) is 2.85. The minimum Gasteiger partial charge on any atom is -0.275 e. The molecule has 0 aromatic heterocycles. The Bertz CT molecular complexity index is 237. The maximum Gasteiger partial charge on any atom is 0.207 e. The molecule has 0 radical (unpaired) electrons. The largest absolute Gasteiger partial charge is 0.275 e. The summed E-state index contributed by atoms with van der Waals surface area (Å²) >= 11 is 0. The zero-order valence-electron chi connectivity index (χ0n) is 11.0.